The molecule has 1 amide bonds. The minimum Gasteiger partial charge on any atom is -0.339 e. The van der Waals surface area contributed by atoms with Gasteiger partial charge in [0.25, 0.3) is 0 Å². The van der Waals surface area contributed by atoms with Crippen molar-refractivity contribution in [2.45, 2.75) is 38.1 Å². The highest BCUT2D eigenvalue weighted by Crippen LogP contribution is 2.23. The maximum Gasteiger partial charge on any atom is 0.227 e. The van der Waals surface area contributed by atoms with Gasteiger partial charge in [0.15, 0.2) is 0 Å². The molecule has 1 aromatic carbocycles. The van der Waals surface area contributed by atoms with E-state index in [-0.39, 0.29) is 23.9 Å². The van der Waals surface area contributed by atoms with E-state index in [0.717, 1.165) is 43.6 Å². The second kappa shape index (κ2) is 7.16. The molecule has 0 radical (unpaired) electrons. The van der Waals surface area contributed by atoms with Crippen molar-refractivity contribution < 1.29 is 13.6 Å². The van der Waals surface area contributed by atoms with Crippen LogP contribution >= 0.6 is 15.9 Å². The minimum atomic E-state index is -0.644. The van der Waals surface area contributed by atoms with Crippen LogP contribution < -0.4 is 0 Å². The molecule has 2 nitrogen and oxygen atoms in total. The lowest BCUT2D eigenvalue weighted by Gasteiger charge is -2.24. The fraction of sp³-hybridized carbons (Fsp3) is 0.533. The van der Waals surface area contributed by atoms with Crippen LogP contribution in [-0.2, 0) is 11.2 Å². The number of alkyl halides is 1. The summed E-state index contributed by atoms with van der Waals surface area (Å²) in [5.74, 6) is -1.32. The zero-order chi connectivity index (χ0) is 14.5. The summed E-state index contributed by atoms with van der Waals surface area (Å²) in [6.45, 7) is 0.745. The van der Waals surface area contributed by atoms with Crippen LogP contribution in [0.1, 0.15) is 31.2 Å². The van der Waals surface area contributed by atoms with Gasteiger partial charge in [-0.25, -0.2) is 8.78 Å². The van der Waals surface area contributed by atoms with Crippen LogP contribution in [0, 0.1) is 11.6 Å². The van der Waals surface area contributed by atoms with E-state index in [2.05, 4.69) is 15.9 Å². The number of hydrogen-bond donors (Lipinski definition) is 0. The smallest absolute Gasteiger partial charge is 0.227 e. The Bertz CT molecular complexity index is 481. The summed E-state index contributed by atoms with van der Waals surface area (Å²) in [6.07, 6.45) is 4.04. The van der Waals surface area contributed by atoms with Gasteiger partial charge < -0.3 is 4.90 Å². The molecule has 0 bridgehead atoms. The van der Waals surface area contributed by atoms with Crippen LogP contribution in [0.5, 0.6) is 0 Å². The standard InChI is InChI=1S/C15H18BrF2NO/c16-7-1-3-13-4-2-8-19(13)15(20)9-11-5-6-12(17)10-14(11)18/h5-6,10,13H,1-4,7-9H2. The number of carbonyl (C=O) groups is 1. The predicted octanol–water partition coefficient (Wildman–Crippen LogP) is 3.67. The fourth-order valence-electron chi connectivity index (χ4n) is 2.71. The van der Waals surface area contributed by atoms with E-state index < -0.39 is 11.6 Å². The highest BCUT2D eigenvalue weighted by Gasteiger charge is 2.28. The molecule has 1 saturated heterocycles. The molecule has 5 heteroatoms. The van der Waals surface area contributed by atoms with Gasteiger partial charge in [-0.3, -0.25) is 4.79 Å². The third kappa shape index (κ3) is 3.78. The molecule has 2 rings (SSSR count). The topological polar surface area (TPSA) is 20.3 Å². The molecule has 1 heterocycles. The molecule has 0 aliphatic carbocycles. The molecule has 1 unspecified atom stereocenters. The Morgan fingerprint density at radius 2 is 2.20 bits per heavy atom. The monoisotopic (exact) mass is 345 g/mol. The number of likely N-dealkylation sites (tertiary alicyclic amines) is 1. The lowest BCUT2D eigenvalue weighted by molar-refractivity contribution is -0.131. The maximum absolute atomic E-state index is 13.6. The van der Waals surface area contributed by atoms with E-state index in [1.165, 1.54) is 12.1 Å². The van der Waals surface area contributed by atoms with Gasteiger partial charge in [-0.1, -0.05) is 22.0 Å². The lowest BCUT2D eigenvalue weighted by Crippen LogP contribution is -2.36. The third-order valence-corrected chi connectivity index (χ3v) is 4.29. The molecule has 20 heavy (non-hydrogen) atoms. The van der Waals surface area contributed by atoms with Gasteiger partial charge in [0, 0.05) is 24.0 Å². The number of carbonyl (C=O) groups excluding carboxylic acids is 1. The molecule has 0 N–H and O–H groups in total. The summed E-state index contributed by atoms with van der Waals surface area (Å²) in [7, 11) is 0. The average molecular weight is 346 g/mol. The summed E-state index contributed by atoms with van der Waals surface area (Å²) in [5.41, 5.74) is 0.266. The number of hydrogen-bond acceptors (Lipinski definition) is 1. The number of halogens is 3. The van der Waals surface area contributed by atoms with E-state index in [0.29, 0.717) is 0 Å². The molecule has 1 aliphatic heterocycles. The first-order valence-electron chi connectivity index (χ1n) is 6.91. The van der Waals surface area contributed by atoms with Crippen LogP contribution in [0.3, 0.4) is 0 Å². The molecule has 1 atom stereocenters. The fourth-order valence-corrected chi connectivity index (χ4v) is 3.03. The molecule has 0 aromatic heterocycles. The van der Waals surface area contributed by atoms with Crippen LogP contribution in [0.15, 0.2) is 18.2 Å². The molecule has 1 fully saturated rings. The Hall–Kier alpha value is -0.970. The lowest BCUT2D eigenvalue weighted by atomic mass is 10.1. The molecule has 1 aliphatic rings. The van der Waals surface area contributed by atoms with Crippen molar-refractivity contribution >= 4 is 21.8 Å². The van der Waals surface area contributed by atoms with Crippen molar-refractivity contribution in [1.29, 1.82) is 0 Å². The normalized spacial score (nSPS) is 18.6. The van der Waals surface area contributed by atoms with Gasteiger partial charge in [-0.2, -0.15) is 0 Å². The van der Waals surface area contributed by atoms with Gasteiger partial charge in [-0.15, -0.1) is 0 Å². The third-order valence-electron chi connectivity index (χ3n) is 3.73. The van der Waals surface area contributed by atoms with E-state index >= 15 is 0 Å². The molecular weight excluding hydrogens is 328 g/mol. The second-order valence-corrected chi connectivity index (χ2v) is 5.92. The number of rotatable bonds is 5. The first kappa shape index (κ1) is 15.4. The summed E-state index contributed by atoms with van der Waals surface area (Å²) in [6, 6.07) is 3.64. The van der Waals surface area contributed by atoms with Gasteiger partial charge >= 0.3 is 0 Å². The largest absolute Gasteiger partial charge is 0.339 e. The van der Waals surface area contributed by atoms with E-state index in [1.807, 2.05) is 4.90 Å². The Labute approximate surface area is 126 Å². The van der Waals surface area contributed by atoms with E-state index in [4.69, 9.17) is 0 Å². The second-order valence-electron chi connectivity index (χ2n) is 5.13. The van der Waals surface area contributed by atoms with Gasteiger partial charge in [0.1, 0.15) is 11.6 Å². The molecule has 0 saturated carbocycles. The molecule has 1 aromatic rings. The van der Waals surface area contributed by atoms with E-state index in [1.54, 1.807) is 0 Å². The Kier molecular flexibility index (Phi) is 5.52. The van der Waals surface area contributed by atoms with Crippen molar-refractivity contribution in [3.63, 3.8) is 0 Å². The number of amides is 1. The number of benzene rings is 1. The molecule has 110 valence electrons. The van der Waals surface area contributed by atoms with Crippen LogP contribution in [0.4, 0.5) is 8.78 Å². The Balaban J connectivity index is 2.00. The van der Waals surface area contributed by atoms with Crippen molar-refractivity contribution in [3.8, 4) is 0 Å². The predicted molar refractivity (Wildman–Crippen MR) is 77.8 cm³/mol. The minimum absolute atomic E-state index is 0.0108. The van der Waals surface area contributed by atoms with Gasteiger partial charge in [-0.05, 0) is 37.3 Å². The zero-order valence-corrected chi connectivity index (χ0v) is 12.8. The first-order valence-corrected chi connectivity index (χ1v) is 8.03. The van der Waals surface area contributed by atoms with Crippen molar-refractivity contribution in [2.75, 3.05) is 11.9 Å². The number of nitrogens with zero attached hydrogens (tertiary/aromatic N) is 1. The highest BCUT2D eigenvalue weighted by molar-refractivity contribution is 9.09. The van der Waals surface area contributed by atoms with Crippen LogP contribution in [-0.4, -0.2) is 28.7 Å². The van der Waals surface area contributed by atoms with Gasteiger partial charge in [0.2, 0.25) is 5.91 Å². The van der Waals surface area contributed by atoms with E-state index in [9.17, 15) is 13.6 Å². The Morgan fingerprint density at radius 1 is 1.40 bits per heavy atom. The SMILES string of the molecule is O=C(Cc1ccc(F)cc1F)N1CCCC1CCCBr. The highest BCUT2D eigenvalue weighted by atomic mass is 79.9. The zero-order valence-electron chi connectivity index (χ0n) is 11.2. The maximum atomic E-state index is 13.6. The first-order chi connectivity index (χ1) is 9.61. The molecule has 0 spiro atoms. The quantitative estimate of drug-likeness (QED) is 0.745. The van der Waals surface area contributed by atoms with Crippen molar-refractivity contribution in [2.24, 2.45) is 0 Å². The van der Waals surface area contributed by atoms with Crippen molar-refractivity contribution in [3.05, 3.63) is 35.4 Å². The average Bonchev–Trinajstić information content (AvgIpc) is 2.88. The molecular formula is C15H18BrF2NO. The van der Waals surface area contributed by atoms with Crippen molar-refractivity contribution in [1.82, 2.24) is 4.90 Å². The summed E-state index contributed by atoms with van der Waals surface area (Å²) in [4.78, 5) is 14.1. The summed E-state index contributed by atoms with van der Waals surface area (Å²) in [5, 5.41) is 0.929. The van der Waals surface area contributed by atoms with Crippen LogP contribution in [0.2, 0.25) is 0 Å². The van der Waals surface area contributed by atoms with Crippen LogP contribution in [0.25, 0.3) is 0 Å². The van der Waals surface area contributed by atoms with Gasteiger partial charge in [0.05, 0.1) is 6.42 Å². The summed E-state index contributed by atoms with van der Waals surface area (Å²) >= 11 is 3.40. The Morgan fingerprint density at radius 3 is 2.90 bits per heavy atom. The summed E-state index contributed by atoms with van der Waals surface area (Å²) < 4.78 is 26.4.